The van der Waals surface area contributed by atoms with Crippen LogP contribution in [0.1, 0.15) is 51.0 Å². The second-order valence-electron chi connectivity index (χ2n) is 5.88. The molecule has 1 saturated heterocycles. The molecule has 1 N–H and O–H groups in total. The summed E-state index contributed by atoms with van der Waals surface area (Å²) in [5, 5.41) is 3.74. The highest BCUT2D eigenvalue weighted by molar-refractivity contribution is 5.21. The average molecular weight is 275 g/mol. The second-order valence-corrected chi connectivity index (χ2v) is 5.88. The summed E-state index contributed by atoms with van der Waals surface area (Å²) in [6.45, 7) is 7.48. The summed E-state index contributed by atoms with van der Waals surface area (Å²) in [5.74, 6) is 1.45. The van der Waals surface area contributed by atoms with Crippen LogP contribution in [0.15, 0.2) is 30.3 Å². The standard InChI is InChI=1S/C18H29NO/c1-3-17(16-8-6-5-7-9-16)18(19-4-2)14-15-10-12-20-13-11-15/h5-9,15,17-19H,3-4,10-14H2,1-2H3. The van der Waals surface area contributed by atoms with Crippen molar-refractivity contribution in [1.29, 1.82) is 0 Å². The largest absolute Gasteiger partial charge is 0.381 e. The van der Waals surface area contributed by atoms with Crippen molar-refractivity contribution in [3.8, 4) is 0 Å². The molecule has 0 spiro atoms. The van der Waals surface area contributed by atoms with E-state index in [1.54, 1.807) is 0 Å². The van der Waals surface area contributed by atoms with E-state index < -0.39 is 0 Å². The Labute approximate surface area is 123 Å². The lowest BCUT2D eigenvalue weighted by atomic mass is 9.82. The van der Waals surface area contributed by atoms with Gasteiger partial charge in [-0.25, -0.2) is 0 Å². The summed E-state index contributed by atoms with van der Waals surface area (Å²) < 4.78 is 5.49. The fourth-order valence-electron chi connectivity index (χ4n) is 3.45. The van der Waals surface area contributed by atoms with Gasteiger partial charge in [0.1, 0.15) is 0 Å². The molecule has 20 heavy (non-hydrogen) atoms. The maximum atomic E-state index is 5.49. The van der Waals surface area contributed by atoms with Crippen molar-refractivity contribution in [2.24, 2.45) is 5.92 Å². The van der Waals surface area contributed by atoms with Crippen molar-refractivity contribution in [2.75, 3.05) is 19.8 Å². The molecule has 2 heteroatoms. The maximum absolute atomic E-state index is 5.49. The van der Waals surface area contributed by atoms with Crippen LogP contribution >= 0.6 is 0 Å². The van der Waals surface area contributed by atoms with Crippen molar-refractivity contribution < 1.29 is 4.74 Å². The van der Waals surface area contributed by atoms with Gasteiger partial charge in [0.05, 0.1) is 0 Å². The topological polar surface area (TPSA) is 21.3 Å². The van der Waals surface area contributed by atoms with E-state index in [2.05, 4.69) is 49.5 Å². The zero-order chi connectivity index (χ0) is 14.2. The Kier molecular flexibility index (Phi) is 6.55. The number of rotatable bonds is 7. The van der Waals surface area contributed by atoms with Gasteiger partial charge >= 0.3 is 0 Å². The molecule has 0 aromatic heterocycles. The fraction of sp³-hybridized carbons (Fsp3) is 0.667. The van der Waals surface area contributed by atoms with Crippen molar-refractivity contribution in [3.05, 3.63) is 35.9 Å². The van der Waals surface area contributed by atoms with E-state index >= 15 is 0 Å². The lowest BCUT2D eigenvalue weighted by molar-refractivity contribution is 0.0594. The minimum absolute atomic E-state index is 0.593. The second kappa shape index (κ2) is 8.43. The Bertz CT molecular complexity index is 359. The first-order valence-corrected chi connectivity index (χ1v) is 8.21. The smallest absolute Gasteiger partial charge is 0.0468 e. The predicted molar refractivity (Wildman–Crippen MR) is 85.1 cm³/mol. The van der Waals surface area contributed by atoms with Gasteiger partial charge in [0.2, 0.25) is 0 Å². The third-order valence-corrected chi connectivity index (χ3v) is 4.55. The number of ether oxygens (including phenoxy) is 1. The maximum Gasteiger partial charge on any atom is 0.0468 e. The summed E-state index contributed by atoms with van der Waals surface area (Å²) in [7, 11) is 0. The monoisotopic (exact) mass is 275 g/mol. The molecular formula is C18H29NO. The van der Waals surface area contributed by atoms with Crippen molar-refractivity contribution in [3.63, 3.8) is 0 Å². The zero-order valence-electron chi connectivity index (χ0n) is 13.0. The van der Waals surface area contributed by atoms with Crippen LogP contribution < -0.4 is 5.32 Å². The normalized spacial score (nSPS) is 19.7. The van der Waals surface area contributed by atoms with Crippen LogP contribution in [0.2, 0.25) is 0 Å². The first-order valence-electron chi connectivity index (χ1n) is 8.21. The molecule has 1 heterocycles. The van der Waals surface area contributed by atoms with Gasteiger partial charge in [0, 0.05) is 19.3 Å². The summed E-state index contributed by atoms with van der Waals surface area (Å²) in [4.78, 5) is 0. The highest BCUT2D eigenvalue weighted by Gasteiger charge is 2.25. The molecule has 1 aliphatic heterocycles. The average Bonchev–Trinajstić information content (AvgIpc) is 2.50. The van der Waals surface area contributed by atoms with Crippen molar-refractivity contribution in [2.45, 2.75) is 51.5 Å². The van der Waals surface area contributed by atoms with E-state index in [-0.39, 0.29) is 0 Å². The Morgan fingerprint density at radius 2 is 1.85 bits per heavy atom. The van der Waals surface area contributed by atoms with Gasteiger partial charge in [0.15, 0.2) is 0 Å². The molecule has 2 nitrogen and oxygen atoms in total. The predicted octanol–water partition coefficient (Wildman–Crippen LogP) is 3.98. The Balaban J connectivity index is 2.04. The molecule has 1 aromatic carbocycles. The number of hydrogen-bond acceptors (Lipinski definition) is 2. The van der Waals surface area contributed by atoms with Gasteiger partial charge in [0.25, 0.3) is 0 Å². The number of nitrogens with one attached hydrogen (secondary N) is 1. The van der Waals surface area contributed by atoms with E-state index in [0.717, 1.165) is 25.7 Å². The molecule has 0 radical (unpaired) electrons. The minimum Gasteiger partial charge on any atom is -0.381 e. The quantitative estimate of drug-likeness (QED) is 0.813. The number of hydrogen-bond donors (Lipinski definition) is 1. The van der Waals surface area contributed by atoms with E-state index in [0.29, 0.717) is 12.0 Å². The fourth-order valence-corrected chi connectivity index (χ4v) is 3.45. The molecule has 112 valence electrons. The van der Waals surface area contributed by atoms with Crippen LogP contribution in [0, 0.1) is 5.92 Å². The van der Waals surface area contributed by atoms with Crippen LogP contribution in [0.5, 0.6) is 0 Å². The summed E-state index contributed by atoms with van der Waals surface area (Å²) in [6, 6.07) is 11.6. The van der Waals surface area contributed by atoms with E-state index in [9.17, 15) is 0 Å². The minimum atomic E-state index is 0.593. The lowest BCUT2D eigenvalue weighted by Crippen LogP contribution is -2.37. The van der Waals surface area contributed by atoms with Gasteiger partial charge in [-0.15, -0.1) is 0 Å². The Morgan fingerprint density at radius 1 is 1.15 bits per heavy atom. The Morgan fingerprint density at radius 3 is 2.45 bits per heavy atom. The molecule has 0 bridgehead atoms. The van der Waals surface area contributed by atoms with Crippen LogP contribution in [0.25, 0.3) is 0 Å². The van der Waals surface area contributed by atoms with Crippen LogP contribution in [0.4, 0.5) is 0 Å². The lowest BCUT2D eigenvalue weighted by Gasteiger charge is -2.32. The van der Waals surface area contributed by atoms with Crippen LogP contribution in [-0.4, -0.2) is 25.8 Å². The van der Waals surface area contributed by atoms with Crippen LogP contribution in [-0.2, 0) is 4.74 Å². The van der Waals surface area contributed by atoms with Gasteiger partial charge in [-0.1, -0.05) is 44.2 Å². The van der Waals surface area contributed by atoms with E-state index in [1.807, 2.05) is 0 Å². The highest BCUT2D eigenvalue weighted by atomic mass is 16.5. The summed E-state index contributed by atoms with van der Waals surface area (Å²) in [5.41, 5.74) is 1.48. The van der Waals surface area contributed by atoms with Crippen molar-refractivity contribution >= 4 is 0 Å². The summed E-state index contributed by atoms with van der Waals surface area (Å²) in [6.07, 6.45) is 4.94. The molecule has 1 aliphatic rings. The summed E-state index contributed by atoms with van der Waals surface area (Å²) >= 11 is 0. The molecule has 2 rings (SSSR count). The molecule has 2 unspecified atom stereocenters. The van der Waals surface area contributed by atoms with Gasteiger partial charge in [-0.05, 0) is 49.6 Å². The van der Waals surface area contributed by atoms with Gasteiger partial charge in [-0.2, -0.15) is 0 Å². The molecule has 1 fully saturated rings. The van der Waals surface area contributed by atoms with E-state index in [1.165, 1.54) is 31.2 Å². The van der Waals surface area contributed by atoms with E-state index in [4.69, 9.17) is 4.74 Å². The Hall–Kier alpha value is -0.860. The molecule has 0 amide bonds. The van der Waals surface area contributed by atoms with Gasteiger partial charge < -0.3 is 10.1 Å². The molecule has 2 atom stereocenters. The van der Waals surface area contributed by atoms with Gasteiger partial charge in [-0.3, -0.25) is 0 Å². The molecule has 0 saturated carbocycles. The van der Waals surface area contributed by atoms with Crippen LogP contribution in [0.3, 0.4) is 0 Å². The highest BCUT2D eigenvalue weighted by Crippen LogP contribution is 2.30. The molecule has 1 aromatic rings. The number of likely N-dealkylation sites (N-methyl/N-ethyl adjacent to an activating group) is 1. The third-order valence-electron chi connectivity index (χ3n) is 4.55. The van der Waals surface area contributed by atoms with Crippen molar-refractivity contribution in [1.82, 2.24) is 5.32 Å². The zero-order valence-corrected chi connectivity index (χ0v) is 13.0. The molecular weight excluding hydrogens is 246 g/mol. The third kappa shape index (κ3) is 4.32. The molecule has 0 aliphatic carbocycles. The SMILES string of the molecule is CCNC(CC1CCOCC1)C(CC)c1ccccc1. The first kappa shape index (κ1) is 15.5. The first-order chi connectivity index (χ1) is 9.85. The number of benzene rings is 1.